The van der Waals surface area contributed by atoms with Crippen LogP contribution in [0.2, 0.25) is 5.02 Å². The van der Waals surface area contributed by atoms with Crippen LogP contribution < -0.4 is 10.6 Å². The third kappa shape index (κ3) is 5.49. The molecule has 0 unspecified atom stereocenters. The van der Waals surface area contributed by atoms with Gasteiger partial charge in [-0.1, -0.05) is 41.9 Å². The molecular formula is C20H18ClFN4O. The third-order valence-electron chi connectivity index (χ3n) is 3.87. The van der Waals surface area contributed by atoms with Crippen molar-refractivity contribution in [2.45, 2.75) is 13.0 Å². The normalized spacial score (nSPS) is 10.4. The van der Waals surface area contributed by atoms with Crippen molar-refractivity contribution in [3.63, 3.8) is 0 Å². The minimum atomic E-state index is -0.306. The SMILES string of the molecule is O=C(NCCc1cccc(Cl)c1)c1ccnc(NCc2ccccc2F)n1. The first-order valence-corrected chi connectivity index (χ1v) is 8.82. The Kier molecular flexibility index (Phi) is 6.33. The maximum absolute atomic E-state index is 13.7. The van der Waals surface area contributed by atoms with Crippen LogP contribution in [0.5, 0.6) is 0 Å². The summed E-state index contributed by atoms with van der Waals surface area (Å²) in [5, 5.41) is 6.41. The Hall–Kier alpha value is -2.99. The molecule has 0 aliphatic carbocycles. The number of anilines is 1. The fourth-order valence-corrected chi connectivity index (χ4v) is 2.70. The number of nitrogens with one attached hydrogen (secondary N) is 2. The van der Waals surface area contributed by atoms with E-state index in [0.717, 1.165) is 5.56 Å². The van der Waals surface area contributed by atoms with Crippen molar-refractivity contribution in [1.82, 2.24) is 15.3 Å². The highest BCUT2D eigenvalue weighted by Gasteiger charge is 2.09. The van der Waals surface area contributed by atoms with Crippen LogP contribution in [0.4, 0.5) is 10.3 Å². The maximum atomic E-state index is 13.7. The largest absolute Gasteiger partial charge is 0.350 e. The molecule has 27 heavy (non-hydrogen) atoms. The molecule has 0 aliphatic heterocycles. The van der Waals surface area contributed by atoms with E-state index in [-0.39, 0.29) is 29.9 Å². The number of amides is 1. The molecule has 138 valence electrons. The molecule has 5 nitrogen and oxygen atoms in total. The predicted octanol–water partition coefficient (Wildman–Crippen LogP) is 3.85. The summed E-state index contributed by atoms with van der Waals surface area (Å²) in [7, 11) is 0. The van der Waals surface area contributed by atoms with Crippen LogP contribution in [0.1, 0.15) is 21.6 Å². The number of nitrogens with zero attached hydrogens (tertiary/aromatic N) is 2. The van der Waals surface area contributed by atoms with Gasteiger partial charge in [-0.2, -0.15) is 0 Å². The van der Waals surface area contributed by atoms with E-state index in [4.69, 9.17) is 11.6 Å². The summed E-state index contributed by atoms with van der Waals surface area (Å²) in [6.07, 6.45) is 2.15. The van der Waals surface area contributed by atoms with Crippen molar-refractivity contribution < 1.29 is 9.18 Å². The number of carbonyl (C=O) groups excluding carboxylic acids is 1. The first-order valence-electron chi connectivity index (χ1n) is 8.45. The summed E-state index contributed by atoms with van der Waals surface area (Å²) in [5.41, 5.74) is 1.78. The van der Waals surface area contributed by atoms with Gasteiger partial charge in [-0.15, -0.1) is 0 Å². The molecule has 7 heteroatoms. The van der Waals surface area contributed by atoms with E-state index in [1.54, 1.807) is 24.3 Å². The van der Waals surface area contributed by atoms with E-state index in [2.05, 4.69) is 20.6 Å². The van der Waals surface area contributed by atoms with Crippen LogP contribution in [0.3, 0.4) is 0 Å². The molecule has 1 aromatic heterocycles. The molecule has 3 rings (SSSR count). The fourth-order valence-electron chi connectivity index (χ4n) is 2.49. The quantitative estimate of drug-likeness (QED) is 0.649. The Labute approximate surface area is 161 Å². The summed E-state index contributed by atoms with van der Waals surface area (Å²) >= 11 is 5.95. The lowest BCUT2D eigenvalue weighted by Crippen LogP contribution is -2.26. The van der Waals surface area contributed by atoms with E-state index in [0.29, 0.717) is 23.6 Å². The molecule has 0 fully saturated rings. The van der Waals surface area contributed by atoms with Gasteiger partial charge in [-0.05, 0) is 36.2 Å². The summed E-state index contributed by atoms with van der Waals surface area (Å²) in [6.45, 7) is 0.688. The number of benzene rings is 2. The van der Waals surface area contributed by atoms with Gasteiger partial charge in [0.15, 0.2) is 0 Å². The van der Waals surface area contributed by atoms with E-state index in [1.165, 1.54) is 18.3 Å². The van der Waals surface area contributed by atoms with Gasteiger partial charge >= 0.3 is 0 Å². The van der Waals surface area contributed by atoms with Crippen LogP contribution >= 0.6 is 11.6 Å². The standard InChI is InChI=1S/C20H18ClFN4O/c21-16-6-3-4-14(12-16)8-10-23-19(27)18-9-11-24-20(26-18)25-13-15-5-1-2-7-17(15)22/h1-7,9,11-12H,8,10,13H2,(H,23,27)(H,24,25,26). The molecule has 0 radical (unpaired) electrons. The second-order valence-corrected chi connectivity index (χ2v) is 6.28. The van der Waals surface area contributed by atoms with Crippen LogP contribution in [0.15, 0.2) is 60.8 Å². The molecule has 3 aromatic rings. The van der Waals surface area contributed by atoms with Crippen LogP contribution in [0.25, 0.3) is 0 Å². The van der Waals surface area contributed by atoms with Gasteiger partial charge in [0.1, 0.15) is 11.5 Å². The molecule has 0 saturated heterocycles. The number of hydrogen-bond acceptors (Lipinski definition) is 4. The monoisotopic (exact) mass is 384 g/mol. The van der Waals surface area contributed by atoms with Crippen molar-refractivity contribution in [3.05, 3.63) is 88.5 Å². The molecule has 1 heterocycles. The number of aromatic nitrogens is 2. The number of rotatable bonds is 7. The first-order chi connectivity index (χ1) is 13.1. The van der Waals surface area contributed by atoms with Crippen molar-refractivity contribution in [2.75, 3.05) is 11.9 Å². The zero-order chi connectivity index (χ0) is 19.1. The molecule has 1 amide bonds. The molecule has 0 saturated carbocycles. The summed E-state index contributed by atoms with van der Waals surface area (Å²) < 4.78 is 13.7. The van der Waals surface area contributed by atoms with Crippen LogP contribution in [-0.4, -0.2) is 22.4 Å². The predicted molar refractivity (Wildman–Crippen MR) is 103 cm³/mol. The lowest BCUT2D eigenvalue weighted by Gasteiger charge is -2.08. The second-order valence-electron chi connectivity index (χ2n) is 5.85. The van der Waals surface area contributed by atoms with Crippen molar-refractivity contribution in [1.29, 1.82) is 0 Å². The Morgan fingerprint density at radius 1 is 1.11 bits per heavy atom. The van der Waals surface area contributed by atoms with Gasteiger partial charge in [0.25, 0.3) is 5.91 Å². The van der Waals surface area contributed by atoms with Crippen LogP contribution in [-0.2, 0) is 13.0 Å². The van der Waals surface area contributed by atoms with E-state index in [9.17, 15) is 9.18 Å². The van der Waals surface area contributed by atoms with E-state index >= 15 is 0 Å². The molecule has 2 aromatic carbocycles. The Balaban J connectivity index is 1.54. The average molecular weight is 385 g/mol. The number of hydrogen-bond donors (Lipinski definition) is 2. The van der Waals surface area contributed by atoms with Gasteiger partial charge < -0.3 is 10.6 Å². The molecule has 2 N–H and O–H groups in total. The lowest BCUT2D eigenvalue weighted by atomic mass is 10.1. The van der Waals surface area contributed by atoms with Gasteiger partial charge in [0.2, 0.25) is 5.95 Å². The average Bonchev–Trinajstić information content (AvgIpc) is 2.67. The zero-order valence-corrected chi connectivity index (χ0v) is 15.2. The highest BCUT2D eigenvalue weighted by atomic mass is 35.5. The minimum absolute atomic E-state index is 0.229. The van der Waals surface area contributed by atoms with Gasteiger partial charge in [-0.3, -0.25) is 4.79 Å². The minimum Gasteiger partial charge on any atom is -0.350 e. The number of carbonyl (C=O) groups is 1. The smallest absolute Gasteiger partial charge is 0.270 e. The second kappa shape index (κ2) is 9.09. The van der Waals surface area contributed by atoms with E-state index in [1.807, 2.05) is 18.2 Å². The van der Waals surface area contributed by atoms with E-state index < -0.39 is 0 Å². The lowest BCUT2D eigenvalue weighted by molar-refractivity contribution is 0.0949. The summed E-state index contributed by atoms with van der Waals surface area (Å²) in [4.78, 5) is 20.5. The molecule has 0 aliphatic rings. The molecule has 0 atom stereocenters. The van der Waals surface area contributed by atoms with Gasteiger partial charge in [0.05, 0.1) is 0 Å². The Bertz CT molecular complexity index is 935. The molecule has 0 spiro atoms. The summed E-state index contributed by atoms with van der Waals surface area (Å²) in [5.74, 6) is -0.339. The third-order valence-corrected chi connectivity index (χ3v) is 4.11. The summed E-state index contributed by atoms with van der Waals surface area (Å²) in [6, 6.07) is 15.5. The highest BCUT2D eigenvalue weighted by molar-refractivity contribution is 6.30. The molecular weight excluding hydrogens is 367 g/mol. The molecule has 0 bridgehead atoms. The van der Waals surface area contributed by atoms with Crippen molar-refractivity contribution in [2.24, 2.45) is 0 Å². The van der Waals surface area contributed by atoms with Gasteiger partial charge in [0, 0.05) is 29.9 Å². The highest BCUT2D eigenvalue weighted by Crippen LogP contribution is 2.11. The fraction of sp³-hybridized carbons (Fsp3) is 0.150. The Morgan fingerprint density at radius 3 is 2.78 bits per heavy atom. The number of halogens is 2. The first kappa shape index (κ1) is 18.8. The Morgan fingerprint density at radius 2 is 1.96 bits per heavy atom. The maximum Gasteiger partial charge on any atom is 0.270 e. The van der Waals surface area contributed by atoms with Crippen LogP contribution in [0, 0.1) is 5.82 Å². The zero-order valence-electron chi connectivity index (χ0n) is 14.5. The van der Waals surface area contributed by atoms with Crippen molar-refractivity contribution in [3.8, 4) is 0 Å². The topological polar surface area (TPSA) is 66.9 Å². The van der Waals surface area contributed by atoms with Gasteiger partial charge in [-0.25, -0.2) is 14.4 Å². The van der Waals surface area contributed by atoms with Crippen molar-refractivity contribution >= 4 is 23.5 Å².